The number of aryl methyl sites for hydroxylation is 1. The van der Waals surface area contributed by atoms with E-state index >= 15 is 0 Å². The van der Waals surface area contributed by atoms with E-state index in [0.29, 0.717) is 5.13 Å². The number of urea groups is 1. The molecule has 1 aromatic carbocycles. The molecule has 0 aliphatic heterocycles. The number of nitrogens with one attached hydrogen (secondary N) is 2. The number of rotatable bonds is 2. The van der Waals surface area contributed by atoms with Crippen LogP contribution in [0.15, 0.2) is 29.6 Å². The summed E-state index contributed by atoms with van der Waals surface area (Å²) in [6, 6.07) is 7.93. The van der Waals surface area contributed by atoms with Gasteiger partial charge in [0, 0.05) is 16.5 Å². The molecule has 1 heterocycles. The molecule has 0 aliphatic carbocycles. The van der Waals surface area contributed by atoms with Gasteiger partial charge >= 0.3 is 6.03 Å². The van der Waals surface area contributed by atoms with Gasteiger partial charge in [0.15, 0.2) is 5.13 Å². The highest BCUT2D eigenvalue weighted by atomic mass is 32.1. The Labute approximate surface area is 123 Å². The average Bonchev–Trinajstić information content (AvgIpc) is 2.75. The van der Waals surface area contributed by atoms with Gasteiger partial charge in [-0.3, -0.25) is 5.32 Å². The van der Waals surface area contributed by atoms with Crippen molar-refractivity contribution in [3.8, 4) is 11.3 Å². The molecule has 0 unspecified atom stereocenters. The molecular formula is C15H19N3OS. The van der Waals surface area contributed by atoms with Crippen molar-refractivity contribution in [1.82, 2.24) is 10.3 Å². The van der Waals surface area contributed by atoms with Crippen molar-refractivity contribution in [2.75, 3.05) is 5.32 Å². The van der Waals surface area contributed by atoms with E-state index in [2.05, 4.69) is 22.5 Å². The summed E-state index contributed by atoms with van der Waals surface area (Å²) in [5.41, 5.74) is 2.88. The molecule has 0 saturated heterocycles. The Morgan fingerprint density at radius 2 is 1.85 bits per heavy atom. The van der Waals surface area contributed by atoms with E-state index < -0.39 is 0 Å². The van der Waals surface area contributed by atoms with Gasteiger partial charge in [0.1, 0.15) is 0 Å². The molecule has 1 aromatic heterocycles. The average molecular weight is 289 g/mol. The number of anilines is 1. The molecule has 0 fully saturated rings. The summed E-state index contributed by atoms with van der Waals surface area (Å²) in [6.45, 7) is 7.86. The first-order valence-electron chi connectivity index (χ1n) is 6.45. The van der Waals surface area contributed by atoms with Crippen molar-refractivity contribution in [3.63, 3.8) is 0 Å². The molecule has 0 atom stereocenters. The van der Waals surface area contributed by atoms with Crippen LogP contribution in [0, 0.1) is 6.92 Å². The third-order valence-corrected chi connectivity index (χ3v) is 3.32. The number of benzene rings is 1. The molecule has 2 rings (SSSR count). The van der Waals surface area contributed by atoms with Gasteiger partial charge in [-0.25, -0.2) is 9.78 Å². The van der Waals surface area contributed by atoms with Gasteiger partial charge in [-0.1, -0.05) is 29.8 Å². The molecule has 2 N–H and O–H groups in total. The van der Waals surface area contributed by atoms with Crippen molar-refractivity contribution in [3.05, 3.63) is 35.2 Å². The lowest BCUT2D eigenvalue weighted by Crippen LogP contribution is -2.43. The maximum Gasteiger partial charge on any atom is 0.321 e. The Bertz CT molecular complexity index is 596. The van der Waals surface area contributed by atoms with E-state index in [-0.39, 0.29) is 11.6 Å². The standard InChI is InChI=1S/C15H19N3OS/c1-10-5-7-11(8-6-10)12-9-20-14(16-12)17-13(19)18-15(2,3)4/h5-9H,1-4H3,(H2,16,17,18,19). The predicted octanol–water partition coefficient (Wildman–Crippen LogP) is 4.04. The largest absolute Gasteiger partial charge is 0.333 e. The van der Waals surface area contributed by atoms with Crippen LogP contribution < -0.4 is 10.6 Å². The first-order valence-corrected chi connectivity index (χ1v) is 7.33. The van der Waals surface area contributed by atoms with Crippen molar-refractivity contribution < 1.29 is 4.79 Å². The fourth-order valence-electron chi connectivity index (χ4n) is 1.66. The van der Waals surface area contributed by atoms with Crippen LogP contribution in [0.2, 0.25) is 0 Å². The van der Waals surface area contributed by atoms with Crippen molar-refractivity contribution in [2.45, 2.75) is 33.2 Å². The van der Waals surface area contributed by atoms with Crippen LogP contribution in [0.1, 0.15) is 26.3 Å². The van der Waals surface area contributed by atoms with Crippen LogP contribution >= 0.6 is 11.3 Å². The molecule has 0 saturated carbocycles. The van der Waals surface area contributed by atoms with E-state index in [1.165, 1.54) is 16.9 Å². The zero-order valence-corrected chi connectivity index (χ0v) is 13.0. The van der Waals surface area contributed by atoms with Crippen LogP contribution in [-0.4, -0.2) is 16.6 Å². The number of aromatic nitrogens is 1. The van der Waals surface area contributed by atoms with Crippen LogP contribution in [0.3, 0.4) is 0 Å². The lowest BCUT2D eigenvalue weighted by atomic mass is 10.1. The Hall–Kier alpha value is -1.88. The Morgan fingerprint density at radius 1 is 1.20 bits per heavy atom. The zero-order valence-electron chi connectivity index (χ0n) is 12.2. The Morgan fingerprint density at radius 3 is 2.45 bits per heavy atom. The van der Waals surface area contributed by atoms with Gasteiger partial charge in [0.05, 0.1) is 5.69 Å². The summed E-state index contributed by atoms with van der Waals surface area (Å²) >= 11 is 1.42. The molecule has 2 aromatic rings. The smallest absolute Gasteiger partial charge is 0.321 e. The third-order valence-electron chi connectivity index (χ3n) is 2.56. The minimum Gasteiger partial charge on any atom is -0.333 e. The number of hydrogen-bond donors (Lipinski definition) is 2. The Balaban J connectivity index is 2.06. The number of hydrogen-bond acceptors (Lipinski definition) is 3. The van der Waals surface area contributed by atoms with Crippen molar-refractivity contribution >= 4 is 22.5 Å². The molecule has 0 spiro atoms. The van der Waals surface area contributed by atoms with Gasteiger partial charge in [-0.2, -0.15) is 0 Å². The van der Waals surface area contributed by atoms with Crippen molar-refractivity contribution in [1.29, 1.82) is 0 Å². The molecule has 0 aliphatic rings. The van der Waals surface area contributed by atoms with Gasteiger partial charge in [-0.15, -0.1) is 11.3 Å². The number of carbonyl (C=O) groups excluding carboxylic acids is 1. The summed E-state index contributed by atoms with van der Waals surface area (Å²) in [7, 11) is 0. The summed E-state index contributed by atoms with van der Waals surface area (Å²) in [5.74, 6) is 0. The third kappa shape index (κ3) is 4.06. The van der Waals surface area contributed by atoms with E-state index in [0.717, 1.165) is 11.3 Å². The van der Waals surface area contributed by atoms with Gasteiger partial charge in [-0.05, 0) is 27.7 Å². The lowest BCUT2D eigenvalue weighted by molar-refractivity contribution is 0.244. The van der Waals surface area contributed by atoms with Crippen molar-refractivity contribution in [2.24, 2.45) is 0 Å². The minimum atomic E-state index is -0.263. The van der Waals surface area contributed by atoms with E-state index in [9.17, 15) is 4.79 Å². The summed E-state index contributed by atoms with van der Waals surface area (Å²) in [5, 5.41) is 8.14. The molecule has 0 radical (unpaired) electrons. The van der Waals surface area contributed by atoms with Crippen LogP contribution in [0.4, 0.5) is 9.93 Å². The minimum absolute atomic E-state index is 0.234. The second kappa shape index (κ2) is 5.63. The fraction of sp³-hybridized carbons (Fsp3) is 0.333. The molecule has 106 valence electrons. The highest BCUT2D eigenvalue weighted by molar-refractivity contribution is 7.14. The first-order chi connectivity index (χ1) is 9.33. The topological polar surface area (TPSA) is 54.0 Å². The summed E-state index contributed by atoms with van der Waals surface area (Å²) in [6.07, 6.45) is 0. The van der Waals surface area contributed by atoms with Gasteiger partial charge in [0.2, 0.25) is 0 Å². The first kappa shape index (κ1) is 14.5. The van der Waals surface area contributed by atoms with E-state index in [4.69, 9.17) is 0 Å². The lowest BCUT2D eigenvalue weighted by Gasteiger charge is -2.20. The molecule has 20 heavy (non-hydrogen) atoms. The maximum absolute atomic E-state index is 11.8. The zero-order chi connectivity index (χ0) is 14.8. The fourth-order valence-corrected chi connectivity index (χ4v) is 2.37. The summed E-state index contributed by atoms with van der Waals surface area (Å²) in [4.78, 5) is 16.2. The summed E-state index contributed by atoms with van der Waals surface area (Å²) < 4.78 is 0. The number of thiazole rings is 1. The molecular weight excluding hydrogens is 270 g/mol. The second-order valence-electron chi connectivity index (χ2n) is 5.73. The monoisotopic (exact) mass is 289 g/mol. The number of nitrogens with zero attached hydrogens (tertiary/aromatic N) is 1. The highest BCUT2D eigenvalue weighted by Crippen LogP contribution is 2.25. The van der Waals surface area contributed by atoms with E-state index in [1.54, 1.807) is 0 Å². The van der Waals surface area contributed by atoms with Crippen LogP contribution in [0.5, 0.6) is 0 Å². The van der Waals surface area contributed by atoms with Gasteiger partial charge < -0.3 is 5.32 Å². The molecule has 4 nitrogen and oxygen atoms in total. The number of carbonyl (C=O) groups is 1. The van der Waals surface area contributed by atoms with Gasteiger partial charge in [0.25, 0.3) is 0 Å². The van der Waals surface area contributed by atoms with E-state index in [1.807, 2.05) is 50.4 Å². The molecule has 5 heteroatoms. The predicted molar refractivity (Wildman–Crippen MR) is 84.2 cm³/mol. The quantitative estimate of drug-likeness (QED) is 0.876. The maximum atomic E-state index is 11.8. The normalized spacial score (nSPS) is 11.2. The SMILES string of the molecule is Cc1ccc(-c2csc(NC(=O)NC(C)(C)C)n2)cc1. The van der Waals surface area contributed by atoms with Crippen LogP contribution in [-0.2, 0) is 0 Å². The molecule has 0 bridgehead atoms. The molecule has 2 amide bonds. The van der Waals surface area contributed by atoms with Crippen LogP contribution in [0.25, 0.3) is 11.3 Å². The second-order valence-corrected chi connectivity index (χ2v) is 6.59. The Kier molecular flexibility index (Phi) is 4.09. The number of amides is 2. The highest BCUT2D eigenvalue weighted by Gasteiger charge is 2.14.